The number of alkyl halides is 3. The number of rotatable bonds is 3. The van der Waals surface area contributed by atoms with Crippen LogP contribution in [0.1, 0.15) is 0 Å². The van der Waals surface area contributed by atoms with Crippen LogP contribution in [-0.2, 0) is 9.84 Å². The summed E-state index contributed by atoms with van der Waals surface area (Å²) in [7, 11) is -3.23. The highest BCUT2D eigenvalue weighted by atomic mass is 32.2. The van der Waals surface area contributed by atoms with E-state index in [1.54, 1.807) is 12.1 Å². The molecule has 3 rings (SSSR count). The van der Waals surface area contributed by atoms with Gasteiger partial charge in [-0.2, -0.15) is 26.7 Å². The standard InChI is InChI=1S/C19H16O2S.CHF3.H2S/c1-22(20,21)17-12-13-18(15-8-4-2-5-9-15)19(14-17)16-10-6-3-7-11-16;2-1(3)4;/h2-14H,1H3;1H;1H2. The number of benzene rings is 3. The van der Waals surface area contributed by atoms with Gasteiger partial charge in [0.15, 0.2) is 9.84 Å². The Labute approximate surface area is 164 Å². The van der Waals surface area contributed by atoms with Gasteiger partial charge >= 0.3 is 6.68 Å². The van der Waals surface area contributed by atoms with Crippen molar-refractivity contribution in [2.75, 3.05) is 6.26 Å². The van der Waals surface area contributed by atoms with Crippen LogP contribution in [0.4, 0.5) is 13.2 Å². The Bertz CT molecular complexity index is 943. The minimum Gasteiger partial charge on any atom is -0.224 e. The summed E-state index contributed by atoms with van der Waals surface area (Å²) in [6.07, 6.45) is 1.24. The van der Waals surface area contributed by atoms with Crippen LogP contribution in [0.2, 0.25) is 0 Å². The van der Waals surface area contributed by atoms with Gasteiger partial charge in [0.25, 0.3) is 0 Å². The molecule has 0 radical (unpaired) electrons. The topological polar surface area (TPSA) is 34.1 Å². The molecule has 2 nitrogen and oxygen atoms in total. The first-order valence-corrected chi connectivity index (χ1v) is 9.55. The molecule has 144 valence electrons. The van der Waals surface area contributed by atoms with E-state index in [0.717, 1.165) is 22.3 Å². The summed E-state index contributed by atoms with van der Waals surface area (Å²) in [5.41, 5.74) is 4.03. The third kappa shape index (κ3) is 6.77. The van der Waals surface area contributed by atoms with Crippen LogP contribution >= 0.6 is 13.5 Å². The summed E-state index contributed by atoms with van der Waals surface area (Å²) in [5.74, 6) is 0. The van der Waals surface area contributed by atoms with Crippen molar-refractivity contribution in [1.82, 2.24) is 0 Å². The van der Waals surface area contributed by atoms with E-state index in [1.165, 1.54) is 6.26 Å². The molecule has 0 N–H and O–H groups in total. The Kier molecular flexibility index (Phi) is 8.59. The molecule has 0 aliphatic rings. The van der Waals surface area contributed by atoms with Gasteiger partial charge in [-0.05, 0) is 34.4 Å². The van der Waals surface area contributed by atoms with Crippen LogP contribution < -0.4 is 0 Å². The number of sulfone groups is 1. The summed E-state index contributed by atoms with van der Waals surface area (Å²) in [6.45, 7) is -3.67. The average molecular weight is 412 g/mol. The molecule has 0 aromatic heterocycles. The highest BCUT2D eigenvalue weighted by Gasteiger charge is 2.13. The first-order valence-electron chi connectivity index (χ1n) is 7.66. The van der Waals surface area contributed by atoms with Crippen molar-refractivity contribution in [1.29, 1.82) is 0 Å². The molecule has 27 heavy (non-hydrogen) atoms. The maximum atomic E-state index is 11.9. The van der Waals surface area contributed by atoms with Crippen LogP contribution in [0.15, 0.2) is 83.8 Å². The number of hydrogen-bond acceptors (Lipinski definition) is 2. The second-order valence-corrected chi connectivity index (χ2v) is 7.47. The third-order valence-electron chi connectivity index (χ3n) is 3.59. The van der Waals surface area contributed by atoms with Crippen molar-refractivity contribution in [3.05, 3.63) is 78.9 Å². The second-order valence-electron chi connectivity index (χ2n) is 5.46. The van der Waals surface area contributed by atoms with Gasteiger partial charge in [-0.15, -0.1) is 0 Å². The van der Waals surface area contributed by atoms with Crippen LogP contribution in [-0.4, -0.2) is 21.4 Å². The van der Waals surface area contributed by atoms with Crippen molar-refractivity contribution in [3.8, 4) is 22.3 Å². The second kappa shape index (κ2) is 10.2. The Morgan fingerprint density at radius 3 is 1.52 bits per heavy atom. The lowest BCUT2D eigenvalue weighted by molar-refractivity contribution is 0.00819. The largest absolute Gasteiger partial charge is 0.379 e. The Morgan fingerprint density at radius 1 is 0.704 bits per heavy atom. The molecule has 0 saturated heterocycles. The van der Waals surface area contributed by atoms with Crippen molar-refractivity contribution in [2.24, 2.45) is 0 Å². The quantitative estimate of drug-likeness (QED) is 0.552. The van der Waals surface area contributed by atoms with E-state index in [0.29, 0.717) is 4.90 Å². The average Bonchev–Trinajstić information content (AvgIpc) is 2.61. The Hall–Kier alpha value is -2.25. The zero-order chi connectivity index (χ0) is 19.2. The molecule has 0 aliphatic heterocycles. The van der Waals surface area contributed by atoms with Gasteiger partial charge in [0.1, 0.15) is 0 Å². The molecule has 0 amide bonds. The lowest BCUT2D eigenvalue weighted by Crippen LogP contribution is -1.98. The van der Waals surface area contributed by atoms with Gasteiger partial charge in [0.2, 0.25) is 0 Å². The lowest BCUT2D eigenvalue weighted by Gasteiger charge is -2.12. The maximum Gasteiger partial charge on any atom is 0.379 e. The summed E-state index contributed by atoms with van der Waals surface area (Å²) >= 11 is 0. The van der Waals surface area contributed by atoms with E-state index in [1.807, 2.05) is 66.7 Å². The van der Waals surface area contributed by atoms with Crippen molar-refractivity contribution >= 4 is 23.3 Å². The van der Waals surface area contributed by atoms with E-state index < -0.39 is 16.5 Å². The molecule has 7 heteroatoms. The molecular formula is C20H19F3O2S2. The Balaban J connectivity index is 0.000000666. The molecule has 0 aliphatic carbocycles. The summed E-state index contributed by atoms with van der Waals surface area (Å²) in [6, 6.07) is 25.1. The zero-order valence-corrected chi connectivity index (χ0v) is 16.3. The zero-order valence-electron chi connectivity index (χ0n) is 14.4. The van der Waals surface area contributed by atoms with E-state index in [4.69, 9.17) is 0 Å². The maximum absolute atomic E-state index is 11.9. The van der Waals surface area contributed by atoms with Gasteiger partial charge in [0.05, 0.1) is 4.90 Å². The van der Waals surface area contributed by atoms with Crippen molar-refractivity contribution in [3.63, 3.8) is 0 Å². The highest BCUT2D eigenvalue weighted by Crippen LogP contribution is 2.33. The van der Waals surface area contributed by atoms with Crippen molar-refractivity contribution < 1.29 is 21.6 Å². The van der Waals surface area contributed by atoms with Gasteiger partial charge in [-0.25, -0.2) is 8.42 Å². The Morgan fingerprint density at radius 2 is 1.11 bits per heavy atom. The third-order valence-corrected chi connectivity index (χ3v) is 4.70. The van der Waals surface area contributed by atoms with E-state index in [2.05, 4.69) is 0 Å². The van der Waals surface area contributed by atoms with Crippen LogP contribution in [0, 0.1) is 0 Å². The van der Waals surface area contributed by atoms with Crippen LogP contribution in [0.25, 0.3) is 22.3 Å². The first kappa shape index (κ1) is 22.8. The minimum atomic E-state index is -3.67. The fraction of sp³-hybridized carbons (Fsp3) is 0.100. The molecule has 3 aromatic rings. The normalized spacial score (nSPS) is 10.6. The monoisotopic (exact) mass is 412 g/mol. The molecule has 0 saturated carbocycles. The summed E-state index contributed by atoms with van der Waals surface area (Å²) in [5, 5.41) is 0. The predicted molar refractivity (Wildman–Crippen MR) is 108 cm³/mol. The van der Waals surface area contributed by atoms with Crippen LogP contribution in [0.3, 0.4) is 0 Å². The lowest BCUT2D eigenvalue weighted by atomic mass is 9.95. The fourth-order valence-corrected chi connectivity index (χ4v) is 3.13. The SMILES string of the molecule is CS(=O)(=O)c1ccc(-c2ccccc2)c(-c2ccccc2)c1.FC(F)F.S. The molecule has 3 aromatic carbocycles. The number of hydrogen-bond donors (Lipinski definition) is 0. The van der Waals surface area contributed by atoms with Gasteiger partial charge < -0.3 is 0 Å². The smallest absolute Gasteiger partial charge is 0.224 e. The number of halogens is 3. The fourth-order valence-electron chi connectivity index (χ4n) is 2.48. The van der Waals surface area contributed by atoms with Gasteiger partial charge in [0, 0.05) is 6.26 Å². The van der Waals surface area contributed by atoms with Crippen molar-refractivity contribution in [2.45, 2.75) is 11.6 Å². The van der Waals surface area contributed by atoms with Gasteiger partial charge in [-0.1, -0.05) is 66.7 Å². The van der Waals surface area contributed by atoms with E-state index in [-0.39, 0.29) is 13.5 Å². The van der Waals surface area contributed by atoms with Gasteiger partial charge in [-0.3, -0.25) is 0 Å². The molecule has 0 bridgehead atoms. The summed E-state index contributed by atoms with van der Waals surface area (Å²) < 4.78 is 52.7. The predicted octanol–water partition coefficient (Wildman–Crippen LogP) is 5.72. The minimum absolute atomic E-state index is 0. The molecule has 0 unspecified atom stereocenters. The van der Waals surface area contributed by atoms with E-state index >= 15 is 0 Å². The molecule has 0 heterocycles. The van der Waals surface area contributed by atoms with Crippen LogP contribution in [0.5, 0.6) is 0 Å². The first-order chi connectivity index (χ1) is 12.3. The molecule has 0 spiro atoms. The van der Waals surface area contributed by atoms with E-state index in [9.17, 15) is 21.6 Å². The molecular weight excluding hydrogens is 393 g/mol. The highest BCUT2D eigenvalue weighted by molar-refractivity contribution is 7.90. The summed E-state index contributed by atoms with van der Waals surface area (Å²) in [4.78, 5) is 0.339. The molecule has 0 atom stereocenters. The molecule has 0 fully saturated rings.